The Bertz CT molecular complexity index is 627. The van der Waals surface area contributed by atoms with Crippen molar-refractivity contribution in [2.75, 3.05) is 7.11 Å². The van der Waals surface area contributed by atoms with Crippen LogP contribution >= 0.6 is 0 Å². The minimum Gasteiger partial charge on any atom is -0.465 e. The highest BCUT2D eigenvalue weighted by Crippen LogP contribution is 2.22. The summed E-state index contributed by atoms with van der Waals surface area (Å²) in [5.41, 5.74) is 1.29. The highest BCUT2D eigenvalue weighted by atomic mass is 16.5. The van der Waals surface area contributed by atoms with Crippen molar-refractivity contribution >= 4 is 29.1 Å². The Morgan fingerprint density at radius 1 is 1.22 bits per heavy atom. The lowest BCUT2D eigenvalue weighted by Gasteiger charge is -2.06. The molecule has 18 heavy (non-hydrogen) atoms. The number of methoxy groups -OCH3 is 1. The largest absolute Gasteiger partial charge is 0.465 e. The van der Waals surface area contributed by atoms with Crippen LogP contribution in [0.1, 0.15) is 15.9 Å². The van der Waals surface area contributed by atoms with E-state index in [1.165, 1.54) is 13.2 Å². The van der Waals surface area contributed by atoms with E-state index in [1.54, 1.807) is 18.2 Å². The number of aldehydes is 1. The molecule has 0 N–H and O–H groups in total. The SMILES string of the molecule is COC(=O)c1cc(/C=C/C=O)c2ccccc2c1. The molecule has 2 rings (SSSR count). The molecule has 90 valence electrons. The molecule has 0 aliphatic rings. The predicted molar refractivity (Wildman–Crippen MR) is 70.4 cm³/mol. The third-order valence-electron chi connectivity index (χ3n) is 2.67. The molecule has 0 fully saturated rings. The molecule has 0 saturated heterocycles. The Labute approximate surface area is 105 Å². The number of esters is 1. The molecule has 0 unspecified atom stereocenters. The van der Waals surface area contributed by atoms with Crippen molar-refractivity contribution in [3.8, 4) is 0 Å². The fourth-order valence-corrected chi connectivity index (χ4v) is 1.86. The van der Waals surface area contributed by atoms with Crippen LogP contribution in [0.4, 0.5) is 0 Å². The van der Waals surface area contributed by atoms with Gasteiger partial charge in [-0.2, -0.15) is 0 Å². The van der Waals surface area contributed by atoms with Crippen molar-refractivity contribution < 1.29 is 14.3 Å². The molecule has 0 amide bonds. The van der Waals surface area contributed by atoms with Gasteiger partial charge in [0, 0.05) is 0 Å². The number of carbonyl (C=O) groups excluding carboxylic acids is 2. The van der Waals surface area contributed by atoms with E-state index in [1.807, 2.05) is 24.3 Å². The first-order valence-corrected chi connectivity index (χ1v) is 5.49. The highest BCUT2D eigenvalue weighted by Gasteiger charge is 2.08. The number of hydrogen-bond acceptors (Lipinski definition) is 3. The minimum absolute atomic E-state index is 0.387. The molecule has 0 bridgehead atoms. The zero-order valence-electron chi connectivity index (χ0n) is 9.92. The van der Waals surface area contributed by atoms with Gasteiger partial charge in [-0.3, -0.25) is 4.79 Å². The second-order valence-electron chi connectivity index (χ2n) is 3.77. The number of benzene rings is 2. The zero-order valence-corrected chi connectivity index (χ0v) is 9.92. The molecule has 2 aromatic carbocycles. The van der Waals surface area contributed by atoms with E-state index in [2.05, 4.69) is 0 Å². The summed E-state index contributed by atoms with van der Waals surface area (Å²) in [6.07, 6.45) is 3.80. The topological polar surface area (TPSA) is 43.4 Å². The van der Waals surface area contributed by atoms with Gasteiger partial charge in [0.1, 0.15) is 6.29 Å². The van der Waals surface area contributed by atoms with Crippen LogP contribution in [0, 0.1) is 0 Å². The number of carbonyl (C=O) groups is 2. The monoisotopic (exact) mass is 240 g/mol. The molecule has 0 spiro atoms. The van der Waals surface area contributed by atoms with Crippen LogP contribution in [0.3, 0.4) is 0 Å². The summed E-state index contributed by atoms with van der Waals surface area (Å²) in [6, 6.07) is 11.2. The van der Waals surface area contributed by atoms with E-state index < -0.39 is 0 Å². The number of hydrogen-bond donors (Lipinski definition) is 0. The van der Waals surface area contributed by atoms with Crippen molar-refractivity contribution in [2.45, 2.75) is 0 Å². The lowest BCUT2D eigenvalue weighted by atomic mass is 10.0. The maximum absolute atomic E-state index is 11.6. The van der Waals surface area contributed by atoms with Gasteiger partial charge in [0.2, 0.25) is 0 Å². The summed E-state index contributed by atoms with van der Waals surface area (Å²) >= 11 is 0. The molecule has 0 atom stereocenters. The van der Waals surface area contributed by atoms with E-state index in [4.69, 9.17) is 4.74 Å². The minimum atomic E-state index is -0.387. The first kappa shape index (κ1) is 12.0. The summed E-state index contributed by atoms with van der Waals surface area (Å²) in [5, 5.41) is 1.93. The molecule has 3 nitrogen and oxygen atoms in total. The Hall–Kier alpha value is -2.42. The van der Waals surface area contributed by atoms with Crippen LogP contribution in [0.2, 0.25) is 0 Å². The third kappa shape index (κ3) is 2.30. The second-order valence-corrected chi connectivity index (χ2v) is 3.77. The van der Waals surface area contributed by atoms with Gasteiger partial charge in [-0.15, -0.1) is 0 Å². The van der Waals surface area contributed by atoms with Crippen LogP contribution in [-0.4, -0.2) is 19.4 Å². The van der Waals surface area contributed by atoms with E-state index in [-0.39, 0.29) is 5.97 Å². The van der Waals surface area contributed by atoms with Gasteiger partial charge < -0.3 is 4.74 Å². The average molecular weight is 240 g/mol. The molecule has 0 heterocycles. The third-order valence-corrected chi connectivity index (χ3v) is 2.67. The molecule has 0 radical (unpaired) electrons. The van der Waals surface area contributed by atoms with Gasteiger partial charge in [-0.1, -0.05) is 30.3 Å². The van der Waals surface area contributed by atoms with Crippen molar-refractivity contribution in [3.05, 3.63) is 53.6 Å². The normalized spacial score (nSPS) is 10.7. The Kier molecular flexibility index (Phi) is 3.53. The fourth-order valence-electron chi connectivity index (χ4n) is 1.86. The van der Waals surface area contributed by atoms with Crippen molar-refractivity contribution in [2.24, 2.45) is 0 Å². The van der Waals surface area contributed by atoms with Gasteiger partial charge in [0.05, 0.1) is 12.7 Å². The van der Waals surface area contributed by atoms with E-state index in [9.17, 15) is 9.59 Å². The molecule has 0 aromatic heterocycles. The summed E-state index contributed by atoms with van der Waals surface area (Å²) in [5.74, 6) is -0.387. The summed E-state index contributed by atoms with van der Waals surface area (Å²) in [4.78, 5) is 22.0. The fraction of sp³-hybridized carbons (Fsp3) is 0.0667. The number of ether oxygens (including phenoxy) is 1. The number of allylic oxidation sites excluding steroid dienone is 1. The van der Waals surface area contributed by atoms with Crippen LogP contribution in [0.5, 0.6) is 0 Å². The number of fused-ring (bicyclic) bond motifs is 1. The summed E-state index contributed by atoms with van der Waals surface area (Å²) in [6.45, 7) is 0. The summed E-state index contributed by atoms with van der Waals surface area (Å²) < 4.78 is 4.71. The highest BCUT2D eigenvalue weighted by molar-refractivity contribution is 5.99. The van der Waals surface area contributed by atoms with Gasteiger partial charge in [0.25, 0.3) is 0 Å². The molecular formula is C15H12O3. The number of rotatable bonds is 3. The molecule has 3 heteroatoms. The van der Waals surface area contributed by atoms with E-state index >= 15 is 0 Å². The first-order valence-electron chi connectivity index (χ1n) is 5.49. The Morgan fingerprint density at radius 3 is 2.72 bits per heavy atom. The van der Waals surface area contributed by atoms with Crippen LogP contribution in [0.15, 0.2) is 42.5 Å². The predicted octanol–water partition coefficient (Wildman–Crippen LogP) is 2.84. The molecule has 0 aliphatic carbocycles. The van der Waals surface area contributed by atoms with E-state index in [0.717, 1.165) is 16.3 Å². The molecule has 2 aromatic rings. The Morgan fingerprint density at radius 2 is 2.00 bits per heavy atom. The smallest absolute Gasteiger partial charge is 0.337 e. The first-order chi connectivity index (χ1) is 8.76. The van der Waals surface area contributed by atoms with Gasteiger partial charge in [-0.05, 0) is 34.5 Å². The standard InChI is InChI=1S/C15H12O3/c1-18-15(17)13-9-11-5-2-3-7-14(11)12(10-13)6-4-8-16/h2-10H,1H3/b6-4+. The zero-order chi connectivity index (χ0) is 13.0. The summed E-state index contributed by atoms with van der Waals surface area (Å²) in [7, 11) is 1.35. The van der Waals surface area contributed by atoms with Gasteiger partial charge >= 0.3 is 5.97 Å². The van der Waals surface area contributed by atoms with Crippen LogP contribution in [0.25, 0.3) is 16.8 Å². The lowest BCUT2D eigenvalue weighted by Crippen LogP contribution is -2.01. The van der Waals surface area contributed by atoms with E-state index in [0.29, 0.717) is 11.8 Å². The van der Waals surface area contributed by atoms with Crippen LogP contribution < -0.4 is 0 Å². The van der Waals surface area contributed by atoms with Crippen LogP contribution in [-0.2, 0) is 9.53 Å². The Balaban J connectivity index is 2.67. The van der Waals surface area contributed by atoms with Crippen molar-refractivity contribution in [1.82, 2.24) is 0 Å². The van der Waals surface area contributed by atoms with Crippen molar-refractivity contribution in [3.63, 3.8) is 0 Å². The molecule has 0 saturated carbocycles. The quantitative estimate of drug-likeness (QED) is 0.470. The van der Waals surface area contributed by atoms with Gasteiger partial charge in [0.15, 0.2) is 0 Å². The maximum atomic E-state index is 11.6. The molecule has 0 aliphatic heterocycles. The lowest BCUT2D eigenvalue weighted by molar-refractivity contribution is -0.104. The average Bonchev–Trinajstić information content (AvgIpc) is 2.43. The van der Waals surface area contributed by atoms with Crippen molar-refractivity contribution in [1.29, 1.82) is 0 Å². The molecular weight excluding hydrogens is 228 g/mol. The maximum Gasteiger partial charge on any atom is 0.337 e. The second kappa shape index (κ2) is 5.27. The van der Waals surface area contributed by atoms with Gasteiger partial charge in [-0.25, -0.2) is 4.79 Å².